The first-order valence-corrected chi connectivity index (χ1v) is 7.72. The fourth-order valence-corrected chi connectivity index (χ4v) is 2.42. The fraction of sp³-hybridized carbons (Fsp3) is 0.333. The van der Waals surface area contributed by atoms with E-state index in [9.17, 15) is 0 Å². The molecule has 0 fully saturated rings. The average molecular weight is 315 g/mol. The number of hydrogen-bond donors (Lipinski definition) is 1. The molecule has 0 unspecified atom stereocenters. The number of benzene rings is 2. The second-order valence-corrected chi connectivity index (χ2v) is 5.16. The van der Waals surface area contributed by atoms with Crippen LogP contribution in [0, 0.1) is 0 Å². The van der Waals surface area contributed by atoms with Gasteiger partial charge in [-0.2, -0.15) is 0 Å². The van der Waals surface area contributed by atoms with Crippen molar-refractivity contribution in [3.63, 3.8) is 0 Å². The zero-order chi connectivity index (χ0) is 15.9. The number of rotatable bonds is 7. The summed E-state index contributed by atoms with van der Waals surface area (Å²) in [4.78, 5) is 0. The molecule has 0 radical (unpaired) electrons. The van der Waals surface area contributed by atoms with Crippen LogP contribution in [0.2, 0.25) is 0 Å². The van der Waals surface area contributed by atoms with Crippen molar-refractivity contribution >= 4 is 0 Å². The van der Waals surface area contributed by atoms with Crippen molar-refractivity contribution in [2.45, 2.75) is 6.54 Å². The van der Waals surface area contributed by atoms with Crippen molar-refractivity contribution < 1.29 is 18.9 Å². The van der Waals surface area contributed by atoms with E-state index in [0.717, 1.165) is 23.6 Å². The van der Waals surface area contributed by atoms with Gasteiger partial charge in [-0.1, -0.05) is 18.2 Å². The molecule has 2 aromatic rings. The monoisotopic (exact) mass is 315 g/mol. The second-order valence-electron chi connectivity index (χ2n) is 5.16. The Morgan fingerprint density at radius 3 is 2.74 bits per heavy atom. The van der Waals surface area contributed by atoms with Crippen LogP contribution in [0.25, 0.3) is 0 Å². The predicted molar refractivity (Wildman–Crippen MR) is 87.6 cm³/mol. The van der Waals surface area contributed by atoms with Gasteiger partial charge in [0, 0.05) is 13.1 Å². The summed E-state index contributed by atoms with van der Waals surface area (Å²) in [5.74, 6) is 3.03. The molecule has 1 aliphatic heterocycles. The molecular formula is C18H21NO4. The standard InChI is InChI=1S/C18H21NO4/c1-20-16-11-14(12-17-18(16)23-10-9-22-17)13-19-7-8-21-15-5-3-2-4-6-15/h2-6,11-12,19H,7-10,13H2,1H3. The molecule has 23 heavy (non-hydrogen) atoms. The van der Waals surface area contributed by atoms with E-state index in [4.69, 9.17) is 18.9 Å². The Hall–Kier alpha value is -2.40. The van der Waals surface area contributed by atoms with Crippen molar-refractivity contribution in [1.29, 1.82) is 0 Å². The minimum atomic E-state index is 0.553. The summed E-state index contributed by atoms with van der Waals surface area (Å²) in [6.45, 7) is 3.21. The lowest BCUT2D eigenvalue weighted by molar-refractivity contribution is 0.165. The highest BCUT2D eigenvalue weighted by Gasteiger charge is 2.18. The van der Waals surface area contributed by atoms with E-state index < -0.39 is 0 Å². The van der Waals surface area contributed by atoms with Crippen LogP contribution in [-0.4, -0.2) is 33.5 Å². The third-order valence-electron chi connectivity index (χ3n) is 3.51. The summed E-state index contributed by atoms with van der Waals surface area (Å²) in [5.41, 5.74) is 1.09. The lowest BCUT2D eigenvalue weighted by Crippen LogP contribution is -2.21. The molecule has 0 aliphatic carbocycles. The maximum absolute atomic E-state index is 5.65. The van der Waals surface area contributed by atoms with Gasteiger partial charge in [0.15, 0.2) is 11.5 Å². The normalized spacial score (nSPS) is 12.7. The van der Waals surface area contributed by atoms with E-state index >= 15 is 0 Å². The van der Waals surface area contributed by atoms with Gasteiger partial charge < -0.3 is 24.3 Å². The predicted octanol–water partition coefficient (Wildman–Crippen LogP) is 2.64. The smallest absolute Gasteiger partial charge is 0.203 e. The highest BCUT2D eigenvalue weighted by molar-refractivity contribution is 5.54. The van der Waals surface area contributed by atoms with Crippen LogP contribution in [0.15, 0.2) is 42.5 Å². The molecule has 0 spiro atoms. The first-order valence-electron chi connectivity index (χ1n) is 7.72. The summed E-state index contributed by atoms with van der Waals surface area (Å²) in [5, 5.41) is 3.35. The van der Waals surface area contributed by atoms with Crippen LogP contribution >= 0.6 is 0 Å². The van der Waals surface area contributed by atoms with Gasteiger partial charge >= 0.3 is 0 Å². The molecule has 1 aliphatic rings. The summed E-state index contributed by atoms with van der Waals surface area (Å²) < 4.78 is 22.3. The second kappa shape index (κ2) is 7.74. The lowest BCUT2D eigenvalue weighted by Gasteiger charge is -2.21. The fourth-order valence-electron chi connectivity index (χ4n) is 2.42. The molecule has 1 N–H and O–H groups in total. The van der Waals surface area contributed by atoms with Crippen LogP contribution in [0.3, 0.4) is 0 Å². The number of para-hydroxylation sites is 1. The van der Waals surface area contributed by atoms with Gasteiger partial charge in [0.05, 0.1) is 7.11 Å². The summed E-state index contributed by atoms with van der Waals surface area (Å²) >= 11 is 0. The number of methoxy groups -OCH3 is 1. The number of nitrogens with one attached hydrogen (secondary N) is 1. The molecular weight excluding hydrogens is 294 g/mol. The van der Waals surface area contributed by atoms with Crippen molar-refractivity contribution in [2.75, 3.05) is 33.5 Å². The third kappa shape index (κ3) is 4.07. The maximum Gasteiger partial charge on any atom is 0.203 e. The third-order valence-corrected chi connectivity index (χ3v) is 3.51. The molecule has 0 saturated heterocycles. The topological polar surface area (TPSA) is 49.0 Å². The highest BCUT2D eigenvalue weighted by Crippen LogP contribution is 2.40. The molecule has 1 heterocycles. The minimum absolute atomic E-state index is 0.553. The molecule has 3 rings (SSSR count). The van der Waals surface area contributed by atoms with Gasteiger partial charge in [-0.25, -0.2) is 0 Å². The van der Waals surface area contributed by atoms with E-state index in [-0.39, 0.29) is 0 Å². The molecule has 5 nitrogen and oxygen atoms in total. The van der Waals surface area contributed by atoms with E-state index in [1.165, 1.54) is 0 Å². The van der Waals surface area contributed by atoms with Crippen LogP contribution < -0.4 is 24.3 Å². The van der Waals surface area contributed by atoms with E-state index in [2.05, 4.69) is 5.32 Å². The molecule has 0 atom stereocenters. The van der Waals surface area contributed by atoms with Crippen LogP contribution in [0.1, 0.15) is 5.56 Å². The molecule has 0 amide bonds. The Morgan fingerprint density at radius 1 is 1.09 bits per heavy atom. The maximum atomic E-state index is 5.65. The van der Waals surface area contributed by atoms with Crippen LogP contribution in [-0.2, 0) is 6.54 Å². The average Bonchev–Trinajstić information content (AvgIpc) is 2.61. The summed E-state index contributed by atoms with van der Waals surface area (Å²) in [6, 6.07) is 13.8. The number of ether oxygens (including phenoxy) is 4. The first kappa shape index (κ1) is 15.5. The summed E-state index contributed by atoms with van der Waals surface area (Å²) in [7, 11) is 1.64. The van der Waals surface area contributed by atoms with Crippen molar-refractivity contribution in [3.05, 3.63) is 48.0 Å². The van der Waals surface area contributed by atoms with Gasteiger partial charge in [-0.15, -0.1) is 0 Å². The van der Waals surface area contributed by atoms with Gasteiger partial charge in [0.25, 0.3) is 0 Å². The van der Waals surface area contributed by atoms with Crippen molar-refractivity contribution in [1.82, 2.24) is 5.32 Å². The van der Waals surface area contributed by atoms with E-state index in [0.29, 0.717) is 37.9 Å². The molecule has 122 valence electrons. The van der Waals surface area contributed by atoms with Crippen LogP contribution in [0.4, 0.5) is 0 Å². The molecule has 0 saturated carbocycles. The number of hydrogen-bond acceptors (Lipinski definition) is 5. The Balaban J connectivity index is 1.50. The quantitative estimate of drug-likeness (QED) is 0.796. The van der Waals surface area contributed by atoms with Crippen molar-refractivity contribution in [2.24, 2.45) is 0 Å². The Morgan fingerprint density at radius 2 is 1.91 bits per heavy atom. The van der Waals surface area contributed by atoms with Gasteiger partial charge in [0.1, 0.15) is 25.6 Å². The molecule has 2 aromatic carbocycles. The number of fused-ring (bicyclic) bond motifs is 1. The molecule has 0 bridgehead atoms. The van der Waals surface area contributed by atoms with Gasteiger partial charge in [0.2, 0.25) is 5.75 Å². The molecule has 0 aromatic heterocycles. The Kier molecular flexibility index (Phi) is 5.21. The zero-order valence-corrected chi connectivity index (χ0v) is 13.2. The van der Waals surface area contributed by atoms with Crippen LogP contribution in [0.5, 0.6) is 23.0 Å². The first-order chi connectivity index (χ1) is 11.4. The van der Waals surface area contributed by atoms with E-state index in [1.54, 1.807) is 7.11 Å². The highest BCUT2D eigenvalue weighted by atomic mass is 16.6. The van der Waals surface area contributed by atoms with Gasteiger partial charge in [-0.3, -0.25) is 0 Å². The SMILES string of the molecule is COc1cc(CNCCOc2ccccc2)cc2c1OCCO2. The zero-order valence-electron chi connectivity index (χ0n) is 13.2. The van der Waals surface area contributed by atoms with Gasteiger partial charge in [-0.05, 0) is 29.8 Å². The Labute approximate surface area is 136 Å². The molecule has 5 heteroatoms. The summed E-state index contributed by atoms with van der Waals surface area (Å²) in [6.07, 6.45) is 0. The van der Waals surface area contributed by atoms with Crippen molar-refractivity contribution in [3.8, 4) is 23.0 Å². The lowest BCUT2D eigenvalue weighted by atomic mass is 10.1. The van der Waals surface area contributed by atoms with E-state index in [1.807, 2.05) is 42.5 Å². The minimum Gasteiger partial charge on any atom is -0.493 e. The Bertz CT molecular complexity index is 613. The largest absolute Gasteiger partial charge is 0.493 e.